The first kappa shape index (κ1) is 25.5. The highest BCUT2D eigenvalue weighted by atomic mass is 16.7. The molecule has 1 N–H and O–H groups in total. The maximum atomic E-state index is 6.12. The van der Waals surface area contributed by atoms with Crippen molar-refractivity contribution in [2.45, 2.75) is 18.5 Å². The van der Waals surface area contributed by atoms with Crippen LogP contribution >= 0.6 is 0 Å². The Kier molecular flexibility index (Phi) is 13.1. The van der Waals surface area contributed by atoms with Crippen LogP contribution in [0.25, 0.3) is 0 Å². The molecule has 1 aromatic carbocycles. The maximum absolute atomic E-state index is 6.12. The minimum atomic E-state index is -0.423. The van der Waals surface area contributed by atoms with E-state index in [9.17, 15) is 0 Å². The molecule has 2 heterocycles. The molecule has 0 radical (unpaired) electrons. The molecule has 1 aromatic rings. The van der Waals surface area contributed by atoms with E-state index >= 15 is 0 Å². The van der Waals surface area contributed by atoms with Gasteiger partial charge in [-0.15, -0.1) is 0 Å². The second-order valence-corrected chi connectivity index (χ2v) is 7.44. The Morgan fingerprint density at radius 3 is 1.47 bits per heavy atom. The molecule has 2 atom stereocenters. The second kappa shape index (κ2) is 16.5. The number of ether oxygens (including phenoxy) is 8. The largest absolute Gasteiger partial charge is 0.378 e. The lowest BCUT2D eigenvalue weighted by Gasteiger charge is -2.17. The van der Waals surface area contributed by atoms with Crippen LogP contribution in [-0.2, 0) is 37.9 Å². The topological polar surface area (TPSA) is 85.9 Å². The van der Waals surface area contributed by atoms with Crippen molar-refractivity contribution in [2.75, 3.05) is 92.4 Å². The van der Waals surface area contributed by atoms with Gasteiger partial charge in [-0.1, -0.05) is 30.3 Å². The van der Waals surface area contributed by atoms with Crippen LogP contribution < -0.4 is 5.32 Å². The van der Waals surface area contributed by atoms with E-state index in [0.717, 1.165) is 18.7 Å². The molecule has 0 aliphatic carbocycles. The van der Waals surface area contributed by atoms with Crippen molar-refractivity contribution in [3.8, 4) is 0 Å². The Balaban J connectivity index is 1.42. The summed E-state index contributed by atoms with van der Waals surface area (Å²) in [4.78, 5) is 0. The summed E-state index contributed by atoms with van der Waals surface area (Å²) < 4.78 is 46.0. The van der Waals surface area contributed by atoms with Crippen LogP contribution in [0.5, 0.6) is 0 Å². The van der Waals surface area contributed by atoms with E-state index in [1.807, 2.05) is 30.3 Å². The Morgan fingerprint density at radius 1 is 0.531 bits per heavy atom. The Bertz CT molecular complexity index is 548. The predicted molar refractivity (Wildman–Crippen MR) is 117 cm³/mol. The molecule has 2 fully saturated rings. The molecule has 182 valence electrons. The van der Waals surface area contributed by atoms with Crippen LogP contribution in [-0.4, -0.2) is 105 Å². The summed E-state index contributed by atoms with van der Waals surface area (Å²) in [6.07, 6.45) is -0.854. The molecular weight excluding hydrogens is 418 g/mol. The third-order valence-corrected chi connectivity index (χ3v) is 4.98. The van der Waals surface area contributed by atoms with E-state index in [1.165, 1.54) is 0 Å². The number of hydrogen-bond acceptors (Lipinski definition) is 9. The van der Waals surface area contributed by atoms with Crippen LogP contribution in [0.4, 0.5) is 0 Å². The number of nitrogens with one attached hydrogen (secondary N) is 1. The van der Waals surface area contributed by atoms with Gasteiger partial charge in [-0.05, 0) is 0 Å². The average molecular weight is 456 g/mol. The summed E-state index contributed by atoms with van der Waals surface area (Å²) in [5.41, 5.74) is 0.982. The summed E-state index contributed by atoms with van der Waals surface area (Å²) in [6.45, 7) is 7.89. The third-order valence-electron chi connectivity index (χ3n) is 4.98. The summed E-state index contributed by atoms with van der Waals surface area (Å²) in [7, 11) is 0. The van der Waals surface area contributed by atoms with Crippen molar-refractivity contribution in [1.82, 2.24) is 5.32 Å². The number of benzene rings is 1. The highest BCUT2D eigenvalue weighted by molar-refractivity contribution is 5.16. The summed E-state index contributed by atoms with van der Waals surface area (Å²) >= 11 is 0. The predicted octanol–water partition coefficient (Wildman–Crippen LogP) is 1.17. The lowest BCUT2D eigenvalue weighted by molar-refractivity contribution is -0.0852. The molecule has 0 spiro atoms. The number of fused-ring (bicyclic) bond motifs is 1. The Morgan fingerprint density at radius 2 is 0.969 bits per heavy atom. The van der Waals surface area contributed by atoms with Gasteiger partial charge in [0.05, 0.1) is 79.3 Å². The van der Waals surface area contributed by atoms with E-state index in [2.05, 4.69) is 5.32 Å². The van der Waals surface area contributed by atoms with Crippen LogP contribution in [0.3, 0.4) is 0 Å². The second-order valence-electron chi connectivity index (χ2n) is 7.44. The summed E-state index contributed by atoms with van der Waals surface area (Å²) in [6, 6.07) is 9.90. The van der Waals surface area contributed by atoms with Crippen LogP contribution in [0.15, 0.2) is 30.3 Å². The van der Waals surface area contributed by atoms with Crippen LogP contribution in [0.2, 0.25) is 0 Å². The fourth-order valence-corrected chi connectivity index (χ4v) is 3.28. The first-order chi connectivity index (χ1) is 15.9. The molecule has 3 rings (SSSR count). The van der Waals surface area contributed by atoms with E-state index in [1.54, 1.807) is 0 Å². The van der Waals surface area contributed by atoms with Gasteiger partial charge in [0.15, 0.2) is 6.29 Å². The van der Waals surface area contributed by atoms with Crippen molar-refractivity contribution in [3.63, 3.8) is 0 Å². The smallest absolute Gasteiger partial charge is 0.184 e. The van der Waals surface area contributed by atoms with Crippen LogP contribution in [0, 0.1) is 0 Å². The molecule has 0 bridgehead atoms. The molecule has 2 saturated heterocycles. The van der Waals surface area contributed by atoms with Gasteiger partial charge in [-0.2, -0.15) is 0 Å². The highest BCUT2D eigenvalue weighted by Gasteiger charge is 2.37. The normalized spacial score (nSPS) is 27.5. The minimum Gasteiger partial charge on any atom is -0.378 e. The van der Waals surface area contributed by atoms with Gasteiger partial charge < -0.3 is 43.2 Å². The lowest BCUT2D eigenvalue weighted by atomic mass is 10.2. The van der Waals surface area contributed by atoms with Gasteiger partial charge >= 0.3 is 0 Å². The Labute approximate surface area is 190 Å². The quantitative estimate of drug-likeness (QED) is 0.671. The number of rotatable bonds is 1. The molecule has 9 nitrogen and oxygen atoms in total. The van der Waals surface area contributed by atoms with Crippen molar-refractivity contribution < 1.29 is 37.9 Å². The first-order valence-electron chi connectivity index (χ1n) is 11.5. The molecule has 0 amide bonds. The molecule has 0 unspecified atom stereocenters. The first-order valence-corrected chi connectivity index (χ1v) is 11.5. The molecular formula is C23H37NO8. The van der Waals surface area contributed by atoms with Crippen molar-refractivity contribution in [2.24, 2.45) is 0 Å². The van der Waals surface area contributed by atoms with Gasteiger partial charge in [-0.25, -0.2) is 0 Å². The van der Waals surface area contributed by atoms with Gasteiger partial charge in [0.1, 0.15) is 12.2 Å². The monoisotopic (exact) mass is 455 g/mol. The summed E-state index contributed by atoms with van der Waals surface area (Å²) in [5.74, 6) is 0. The third kappa shape index (κ3) is 10.2. The summed E-state index contributed by atoms with van der Waals surface area (Å²) in [5, 5.41) is 3.27. The molecule has 0 aromatic heterocycles. The SMILES string of the molecule is c1ccc(C2O[C@H]3COCCOCCOCCNCCOCCOCCOC[C@@H]3O2)cc1. The fraction of sp³-hybridized carbons (Fsp3) is 0.739. The molecule has 2 aliphatic heterocycles. The molecule has 9 heteroatoms. The van der Waals surface area contributed by atoms with Gasteiger partial charge in [0.25, 0.3) is 0 Å². The van der Waals surface area contributed by atoms with Crippen molar-refractivity contribution >= 4 is 0 Å². The average Bonchev–Trinajstić information content (AvgIpc) is 3.23. The van der Waals surface area contributed by atoms with E-state index < -0.39 is 6.29 Å². The van der Waals surface area contributed by atoms with Gasteiger partial charge in [0, 0.05) is 18.7 Å². The zero-order valence-corrected chi connectivity index (χ0v) is 18.8. The van der Waals surface area contributed by atoms with E-state index in [-0.39, 0.29) is 12.2 Å². The molecule has 32 heavy (non-hydrogen) atoms. The standard InChI is InChI=1S/C23H37NO8/c1-2-4-20(5-3-1)23-31-21-18-29-16-14-27-12-10-25-8-6-24-7-9-26-11-13-28-15-17-30-19-22(21)32-23/h1-5,21-24H,6-19H2/t21-,22-/m0/s1. The van der Waals surface area contributed by atoms with Gasteiger partial charge in [-0.3, -0.25) is 0 Å². The van der Waals surface area contributed by atoms with E-state index in [0.29, 0.717) is 79.3 Å². The van der Waals surface area contributed by atoms with Crippen molar-refractivity contribution in [3.05, 3.63) is 35.9 Å². The highest BCUT2D eigenvalue weighted by Crippen LogP contribution is 2.31. The zero-order chi connectivity index (χ0) is 22.1. The Hall–Kier alpha value is -1.14. The zero-order valence-electron chi connectivity index (χ0n) is 18.8. The van der Waals surface area contributed by atoms with Crippen LogP contribution in [0.1, 0.15) is 11.9 Å². The van der Waals surface area contributed by atoms with E-state index in [4.69, 9.17) is 37.9 Å². The molecule has 0 saturated carbocycles. The fourth-order valence-electron chi connectivity index (χ4n) is 3.28. The van der Waals surface area contributed by atoms with Gasteiger partial charge in [0.2, 0.25) is 0 Å². The lowest BCUT2D eigenvalue weighted by Crippen LogP contribution is -2.32. The van der Waals surface area contributed by atoms with Crippen molar-refractivity contribution in [1.29, 1.82) is 0 Å². The molecule has 2 aliphatic rings. The maximum Gasteiger partial charge on any atom is 0.184 e. The minimum absolute atomic E-state index is 0.216. The number of hydrogen-bond donors (Lipinski definition) is 1.